The predicted molar refractivity (Wildman–Crippen MR) is 170 cm³/mol. The number of fused-ring (bicyclic) bond motifs is 1. The van der Waals surface area contributed by atoms with Gasteiger partial charge in [-0.25, -0.2) is 33.1 Å². The van der Waals surface area contributed by atoms with Gasteiger partial charge in [-0.2, -0.15) is 4.98 Å². The first-order chi connectivity index (χ1) is 21.3. The Balaban J connectivity index is 1.55. The van der Waals surface area contributed by atoms with Gasteiger partial charge in [-0.3, -0.25) is 4.98 Å². The van der Waals surface area contributed by atoms with Crippen LogP contribution in [0.25, 0.3) is 28.0 Å². The van der Waals surface area contributed by atoms with E-state index in [4.69, 9.17) is 0 Å². The number of anilines is 1. The number of hydrogen-bond donors (Lipinski definition) is 0. The smallest absolute Gasteiger partial charge is 0.355 e. The number of aryl methyl sites for hydroxylation is 1. The van der Waals surface area contributed by atoms with E-state index in [0.29, 0.717) is 42.8 Å². The lowest BCUT2D eigenvalue weighted by molar-refractivity contribution is 0.612. The summed E-state index contributed by atoms with van der Waals surface area (Å²) in [6.45, 7) is 7.23. The number of halogens is 2. The maximum Gasteiger partial charge on any atom is 0.355 e. The molecule has 0 radical (unpaired) electrons. The molecule has 2 aromatic carbocycles. The lowest BCUT2D eigenvalue weighted by atomic mass is 10.0. The van der Waals surface area contributed by atoms with Crippen LogP contribution in [0.15, 0.2) is 87.7 Å². The number of nitrogens with zero attached hydrogens (tertiary/aromatic N) is 7. The van der Waals surface area contributed by atoms with Gasteiger partial charge in [0, 0.05) is 25.4 Å². The van der Waals surface area contributed by atoms with E-state index >= 15 is 4.39 Å². The summed E-state index contributed by atoms with van der Waals surface area (Å²) in [7, 11) is 1.77. The van der Waals surface area contributed by atoms with Crippen molar-refractivity contribution in [3.63, 3.8) is 0 Å². The fourth-order valence-corrected chi connectivity index (χ4v) is 5.03. The molecule has 3 aromatic heterocycles. The zero-order valence-electron chi connectivity index (χ0n) is 25.1. The highest BCUT2D eigenvalue weighted by Gasteiger charge is 2.24. The van der Waals surface area contributed by atoms with Crippen molar-refractivity contribution in [1.82, 2.24) is 19.5 Å². The third-order valence-electron chi connectivity index (χ3n) is 7.23. The van der Waals surface area contributed by atoms with Crippen LogP contribution in [-0.4, -0.2) is 45.7 Å². The fraction of sp³-hybridized carbons (Fsp3) is 0.265. The van der Waals surface area contributed by atoms with E-state index < -0.39 is 17.3 Å². The van der Waals surface area contributed by atoms with Crippen LogP contribution in [0.4, 0.5) is 14.6 Å². The molecule has 0 bridgehead atoms. The van der Waals surface area contributed by atoms with Crippen molar-refractivity contribution in [2.45, 2.75) is 39.7 Å². The van der Waals surface area contributed by atoms with Gasteiger partial charge in [0.05, 0.1) is 35.9 Å². The predicted octanol–water partition coefficient (Wildman–Crippen LogP) is 6.75. The lowest BCUT2D eigenvalue weighted by Gasteiger charge is -2.23. The molecular weight excluding hydrogens is 560 g/mol. The molecule has 0 aliphatic heterocycles. The summed E-state index contributed by atoms with van der Waals surface area (Å²) in [6, 6.07) is 21.5. The molecule has 3 heterocycles. The Hall–Kier alpha value is -5.08. The molecule has 5 aromatic rings. The molecule has 0 saturated carbocycles. The van der Waals surface area contributed by atoms with Gasteiger partial charge in [0.2, 0.25) is 0 Å². The van der Waals surface area contributed by atoms with E-state index in [1.165, 1.54) is 28.8 Å². The van der Waals surface area contributed by atoms with E-state index in [1.54, 1.807) is 30.3 Å². The SMILES string of the molecule is Cc1ccnc(C(C)C)c1-n1c(=O)nc(N(C)CCCN=C=NCc2ccccc2)c2cc(F)c(-c3ccccc3F)nc21. The number of aromatic nitrogens is 4. The van der Waals surface area contributed by atoms with Gasteiger partial charge in [0.25, 0.3) is 0 Å². The van der Waals surface area contributed by atoms with E-state index in [2.05, 4.69) is 30.9 Å². The van der Waals surface area contributed by atoms with Gasteiger partial charge in [0.15, 0.2) is 5.65 Å². The third-order valence-corrected chi connectivity index (χ3v) is 7.23. The van der Waals surface area contributed by atoms with Crippen molar-refractivity contribution >= 4 is 22.9 Å². The van der Waals surface area contributed by atoms with Gasteiger partial charge < -0.3 is 4.90 Å². The van der Waals surface area contributed by atoms with Crippen molar-refractivity contribution in [3.05, 3.63) is 112 Å². The minimum atomic E-state index is -0.726. The largest absolute Gasteiger partial charge is 0.359 e. The van der Waals surface area contributed by atoms with Gasteiger partial charge >= 0.3 is 5.69 Å². The standard InChI is InChI=1S/C34H33F2N7O/c1-22(2)29-31(23(3)15-17-39-29)43-33-26(19-28(36)30(40-33)25-13-8-9-14-27(25)35)32(41-34(43)44)42(4)18-10-16-37-21-38-20-24-11-6-5-7-12-24/h5-9,11-15,17,19,22H,10,16,18,20H2,1-4H3. The zero-order chi connectivity index (χ0) is 31.2. The van der Waals surface area contributed by atoms with Crippen LogP contribution in [0, 0.1) is 18.6 Å². The highest BCUT2D eigenvalue weighted by Crippen LogP contribution is 2.32. The average molecular weight is 594 g/mol. The van der Waals surface area contributed by atoms with E-state index in [0.717, 1.165) is 11.1 Å². The summed E-state index contributed by atoms with van der Waals surface area (Å²) in [5, 5.41) is 0.315. The molecule has 0 saturated heterocycles. The Labute approximate surface area is 254 Å². The number of hydrogen-bond acceptors (Lipinski definition) is 7. The first-order valence-corrected chi connectivity index (χ1v) is 14.4. The molecule has 0 aliphatic rings. The van der Waals surface area contributed by atoms with Crippen molar-refractivity contribution in [1.29, 1.82) is 0 Å². The molecule has 0 unspecified atom stereocenters. The highest BCUT2D eigenvalue weighted by atomic mass is 19.1. The molecule has 224 valence electrons. The summed E-state index contributed by atoms with van der Waals surface area (Å²) in [5.41, 5.74) is 2.42. The Morgan fingerprint density at radius 2 is 1.73 bits per heavy atom. The number of pyridine rings is 2. The Kier molecular flexibility index (Phi) is 9.31. The second-order valence-electron chi connectivity index (χ2n) is 10.8. The normalized spacial score (nSPS) is 11.1. The van der Waals surface area contributed by atoms with Gasteiger partial charge in [-0.1, -0.05) is 56.3 Å². The van der Waals surface area contributed by atoms with Crippen molar-refractivity contribution < 1.29 is 8.78 Å². The molecule has 0 N–H and O–H groups in total. The lowest BCUT2D eigenvalue weighted by Crippen LogP contribution is -2.30. The topological polar surface area (TPSA) is 88.6 Å². The zero-order valence-corrected chi connectivity index (χ0v) is 25.1. The minimum Gasteiger partial charge on any atom is -0.359 e. The van der Waals surface area contributed by atoms with Crippen LogP contribution in [0.3, 0.4) is 0 Å². The number of aliphatic imine (C=N–C) groups is 2. The molecule has 5 rings (SSSR count). The Morgan fingerprint density at radius 3 is 2.48 bits per heavy atom. The molecule has 0 fully saturated rings. The first kappa shape index (κ1) is 30.4. The molecular formula is C34H33F2N7O. The summed E-state index contributed by atoms with van der Waals surface area (Å²) < 4.78 is 31.9. The monoisotopic (exact) mass is 593 g/mol. The van der Waals surface area contributed by atoms with Crippen LogP contribution in [-0.2, 0) is 6.54 Å². The quantitative estimate of drug-likeness (QED) is 0.132. The minimum absolute atomic E-state index is 0.00334. The van der Waals surface area contributed by atoms with Crippen LogP contribution < -0.4 is 10.6 Å². The van der Waals surface area contributed by atoms with Crippen molar-refractivity contribution in [3.8, 4) is 16.9 Å². The van der Waals surface area contributed by atoms with E-state index in [1.807, 2.05) is 51.1 Å². The maximum atomic E-state index is 15.7. The van der Waals surface area contributed by atoms with Gasteiger partial charge in [-0.05, 0) is 54.7 Å². The van der Waals surface area contributed by atoms with Crippen molar-refractivity contribution in [2.24, 2.45) is 9.98 Å². The first-order valence-electron chi connectivity index (χ1n) is 14.4. The second kappa shape index (κ2) is 13.5. The molecule has 0 atom stereocenters. The van der Waals surface area contributed by atoms with Gasteiger partial charge in [0.1, 0.15) is 23.1 Å². The maximum absolute atomic E-state index is 15.7. The van der Waals surface area contributed by atoms with E-state index in [9.17, 15) is 9.18 Å². The summed E-state index contributed by atoms with van der Waals surface area (Å²) in [6.07, 6.45) is 2.29. The third kappa shape index (κ3) is 6.45. The Bertz CT molecular complexity index is 1920. The summed E-state index contributed by atoms with van der Waals surface area (Å²) in [4.78, 5) is 37.6. The Morgan fingerprint density at radius 1 is 0.977 bits per heavy atom. The molecule has 44 heavy (non-hydrogen) atoms. The number of benzene rings is 2. The van der Waals surface area contributed by atoms with Crippen LogP contribution >= 0.6 is 0 Å². The molecule has 0 spiro atoms. The van der Waals surface area contributed by atoms with Crippen LogP contribution in [0.2, 0.25) is 0 Å². The van der Waals surface area contributed by atoms with E-state index in [-0.39, 0.29) is 28.6 Å². The summed E-state index contributed by atoms with van der Waals surface area (Å²) >= 11 is 0. The fourth-order valence-electron chi connectivity index (χ4n) is 5.03. The average Bonchev–Trinajstić information content (AvgIpc) is 3.01. The van der Waals surface area contributed by atoms with Gasteiger partial charge in [-0.15, -0.1) is 0 Å². The van der Waals surface area contributed by atoms with Crippen LogP contribution in [0.5, 0.6) is 0 Å². The van der Waals surface area contributed by atoms with Crippen molar-refractivity contribution in [2.75, 3.05) is 25.0 Å². The number of rotatable bonds is 10. The highest BCUT2D eigenvalue weighted by molar-refractivity contribution is 5.90. The molecule has 0 aliphatic carbocycles. The van der Waals surface area contributed by atoms with Crippen LogP contribution in [0.1, 0.15) is 43.0 Å². The molecule has 10 heteroatoms. The second-order valence-corrected chi connectivity index (χ2v) is 10.8. The molecule has 0 amide bonds. The summed E-state index contributed by atoms with van der Waals surface area (Å²) in [5.74, 6) is -1.11. The molecule has 8 nitrogen and oxygen atoms in total.